The molecule has 5 heteroatoms. The van der Waals surface area contributed by atoms with Crippen LogP contribution < -0.4 is 0 Å². The summed E-state index contributed by atoms with van der Waals surface area (Å²) in [6.07, 6.45) is 5.03. The fraction of sp³-hybridized carbons (Fsp3) is 0.125. The van der Waals surface area contributed by atoms with Crippen LogP contribution in [-0.2, 0) is 6.61 Å². The van der Waals surface area contributed by atoms with E-state index in [9.17, 15) is 0 Å². The molecule has 0 aliphatic rings. The van der Waals surface area contributed by atoms with Crippen LogP contribution in [-0.4, -0.2) is 25.1 Å². The van der Waals surface area contributed by atoms with E-state index in [4.69, 9.17) is 5.11 Å². The van der Waals surface area contributed by atoms with Crippen LogP contribution in [0.3, 0.4) is 0 Å². The lowest BCUT2D eigenvalue weighted by atomic mass is 10.4. The average Bonchev–Trinajstić information content (AvgIpc) is 2.67. The van der Waals surface area contributed by atoms with Gasteiger partial charge in [-0.25, -0.2) is 4.68 Å². The fourth-order valence-electron chi connectivity index (χ4n) is 0.986. The van der Waals surface area contributed by atoms with Crippen molar-refractivity contribution in [2.24, 2.45) is 0 Å². The highest BCUT2D eigenvalue weighted by atomic mass is 16.3. The number of hydrogen-bond acceptors (Lipinski definition) is 4. The Labute approximate surface area is 74.7 Å². The number of aliphatic hydroxyl groups is 1. The van der Waals surface area contributed by atoms with Crippen molar-refractivity contribution in [3.05, 3.63) is 36.4 Å². The van der Waals surface area contributed by atoms with Crippen molar-refractivity contribution in [3.8, 4) is 5.69 Å². The summed E-state index contributed by atoms with van der Waals surface area (Å²) >= 11 is 0. The third kappa shape index (κ3) is 1.54. The van der Waals surface area contributed by atoms with Gasteiger partial charge in [-0.05, 0) is 12.1 Å². The van der Waals surface area contributed by atoms with Gasteiger partial charge < -0.3 is 5.11 Å². The summed E-state index contributed by atoms with van der Waals surface area (Å²) in [6, 6.07) is 3.68. The van der Waals surface area contributed by atoms with E-state index in [0.29, 0.717) is 5.69 Å². The van der Waals surface area contributed by atoms with Gasteiger partial charge in [0.15, 0.2) is 0 Å². The lowest BCUT2D eigenvalue weighted by Crippen LogP contribution is -1.94. The summed E-state index contributed by atoms with van der Waals surface area (Å²) in [5.41, 5.74) is 1.37. The molecule has 0 aromatic carbocycles. The van der Waals surface area contributed by atoms with Gasteiger partial charge in [-0.15, -0.1) is 5.10 Å². The summed E-state index contributed by atoms with van der Waals surface area (Å²) in [4.78, 5) is 3.95. The van der Waals surface area contributed by atoms with Crippen molar-refractivity contribution in [2.45, 2.75) is 6.61 Å². The molecule has 0 unspecified atom stereocenters. The predicted molar refractivity (Wildman–Crippen MR) is 45.1 cm³/mol. The van der Waals surface area contributed by atoms with Gasteiger partial charge in [-0.1, -0.05) is 5.21 Å². The molecule has 0 bridgehead atoms. The van der Waals surface area contributed by atoms with Gasteiger partial charge in [0.25, 0.3) is 0 Å². The Kier molecular flexibility index (Phi) is 2.01. The molecule has 0 amide bonds. The van der Waals surface area contributed by atoms with Crippen molar-refractivity contribution in [3.63, 3.8) is 0 Å². The van der Waals surface area contributed by atoms with Gasteiger partial charge >= 0.3 is 0 Å². The highest BCUT2D eigenvalue weighted by Gasteiger charge is 2.00. The van der Waals surface area contributed by atoms with Gasteiger partial charge in [0.2, 0.25) is 0 Å². The molecule has 0 atom stereocenters. The van der Waals surface area contributed by atoms with Crippen LogP contribution in [0.2, 0.25) is 0 Å². The number of aromatic nitrogens is 4. The van der Waals surface area contributed by atoms with E-state index in [-0.39, 0.29) is 6.61 Å². The zero-order valence-corrected chi connectivity index (χ0v) is 6.83. The maximum atomic E-state index is 8.77. The minimum Gasteiger partial charge on any atom is -0.390 e. The highest BCUT2D eigenvalue weighted by Crippen LogP contribution is 2.03. The Morgan fingerprint density at radius 1 is 1.46 bits per heavy atom. The number of rotatable bonds is 2. The maximum absolute atomic E-state index is 8.77. The zero-order chi connectivity index (χ0) is 9.10. The Bertz CT molecular complexity index is 384. The highest BCUT2D eigenvalue weighted by molar-refractivity contribution is 5.25. The molecule has 0 spiro atoms. The van der Waals surface area contributed by atoms with Gasteiger partial charge in [0, 0.05) is 6.20 Å². The molecule has 5 nitrogen and oxygen atoms in total. The minimum atomic E-state index is -0.0970. The third-order valence-electron chi connectivity index (χ3n) is 1.61. The second-order valence-electron chi connectivity index (χ2n) is 2.52. The molecule has 13 heavy (non-hydrogen) atoms. The SMILES string of the molecule is OCc1cn(-c2cccnc2)nn1. The number of nitrogens with zero attached hydrogens (tertiary/aromatic N) is 4. The number of aliphatic hydroxyl groups excluding tert-OH is 1. The normalized spacial score (nSPS) is 10.2. The monoisotopic (exact) mass is 176 g/mol. The standard InChI is InChI=1S/C8H8N4O/c13-6-7-5-12(11-10-7)8-2-1-3-9-4-8/h1-5,13H,6H2. The molecule has 0 saturated heterocycles. The molecule has 0 aliphatic heterocycles. The van der Waals surface area contributed by atoms with Crippen molar-refractivity contribution < 1.29 is 5.11 Å². The molecule has 0 aliphatic carbocycles. The lowest BCUT2D eigenvalue weighted by molar-refractivity contribution is 0.276. The van der Waals surface area contributed by atoms with Gasteiger partial charge in [-0.3, -0.25) is 4.98 Å². The molecular formula is C8H8N4O. The molecule has 2 heterocycles. The van der Waals surface area contributed by atoms with Crippen molar-refractivity contribution >= 4 is 0 Å². The summed E-state index contributed by atoms with van der Waals surface area (Å²) in [5, 5.41) is 16.3. The Morgan fingerprint density at radius 3 is 3.00 bits per heavy atom. The molecule has 66 valence electrons. The van der Waals surface area contributed by atoms with Crippen molar-refractivity contribution in [1.29, 1.82) is 0 Å². The van der Waals surface area contributed by atoms with Gasteiger partial charge in [0.1, 0.15) is 5.69 Å². The summed E-state index contributed by atoms with van der Waals surface area (Å²) < 4.78 is 1.57. The van der Waals surface area contributed by atoms with Gasteiger partial charge in [0.05, 0.1) is 24.7 Å². The van der Waals surface area contributed by atoms with Crippen LogP contribution in [0.25, 0.3) is 5.69 Å². The average molecular weight is 176 g/mol. The molecule has 2 rings (SSSR count). The van der Waals surface area contributed by atoms with Crippen LogP contribution in [0.15, 0.2) is 30.7 Å². The molecular weight excluding hydrogens is 168 g/mol. The Balaban J connectivity index is 2.36. The summed E-state index contributed by atoms with van der Waals surface area (Å²) in [5.74, 6) is 0. The minimum absolute atomic E-state index is 0.0970. The van der Waals surface area contributed by atoms with Crippen molar-refractivity contribution in [1.82, 2.24) is 20.0 Å². The van der Waals surface area contributed by atoms with E-state index in [2.05, 4.69) is 15.3 Å². The van der Waals surface area contributed by atoms with Crippen LogP contribution in [0.4, 0.5) is 0 Å². The van der Waals surface area contributed by atoms with E-state index < -0.39 is 0 Å². The van der Waals surface area contributed by atoms with Crippen LogP contribution in [0, 0.1) is 0 Å². The molecule has 2 aromatic heterocycles. The largest absolute Gasteiger partial charge is 0.390 e. The van der Waals surface area contributed by atoms with Crippen LogP contribution in [0.1, 0.15) is 5.69 Å². The Morgan fingerprint density at radius 2 is 2.38 bits per heavy atom. The maximum Gasteiger partial charge on any atom is 0.109 e. The zero-order valence-electron chi connectivity index (χ0n) is 6.83. The first-order valence-corrected chi connectivity index (χ1v) is 3.82. The molecule has 0 radical (unpaired) electrons. The topological polar surface area (TPSA) is 63.8 Å². The fourth-order valence-corrected chi connectivity index (χ4v) is 0.986. The molecule has 0 fully saturated rings. The predicted octanol–water partition coefficient (Wildman–Crippen LogP) is 0.155. The first-order chi connectivity index (χ1) is 6.40. The quantitative estimate of drug-likeness (QED) is 0.707. The van der Waals surface area contributed by atoms with E-state index in [1.54, 1.807) is 23.3 Å². The second kappa shape index (κ2) is 3.32. The summed E-state index contributed by atoms with van der Waals surface area (Å²) in [6.45, 7) is -0.0970. The van der Waals surface area contributed by atoms with Crippen LogP contribution in [0.5, 0.6) is 0 Å². The Hall–Kier alpha value is -1.75. The molecule has 2 aromatic rings. The molecule has 1 N–H and O–H groups in total. The second-order valence-corrected chi connectivity index (χ2v) is 2.52. The van der Waals surface area contributed by atoms with E-state index in [0.717, 1.165) is 5.69 Å². The van der Waals surface area contributed by atoms with E-state index in [1.165, 1.54) is 0 Å². The summed E-state index contributed by atoms with van der Waals surface area (Å²) in [7, 11) is 0. The van der Waals surface area contributed by atoms with Gasteiger partial charge in [-0.2, -0.15) is 0 Å². The molecule has 0 saturated carbocycles. The lowest BCUT2D eigenvalue weighted by Gasteiger charge is -1.95. The third-order valence-corrected chi connectivity index (χ3v) is 1.61. The first kappa shape index (κ1) is 7.88. The van der Waals surface area contributed by atoms with Crippen LogP contribution >= 0.6 is 0 Å². The number of hydrogen-bond donors (Lipinski definition) is 1. The number of pyridine rings is 1. The van der Waals surface area contributed by atoms with Crippen molar-refractivity contribution in [2.75, 3.05) is 0 Å². The van der Waals surface area contributed by atoms with E-state index >= 15 is 0 Å². The smallest absolute Gasteiger partial charge is 0.109 e. The van der Waals surface area contributed by atoms with E-state index in [1.807, 2.05) is 12.1 Å². The first-order valence-electron chi connectivity index (χ1n) is 3.82.